The van der Waals surface area contributed by atoms with E-state index in [0.29, 0.717) is 13.1 Å². The molecule has 2 aromatic heterocycles. The molecule has 0 spiro atoms. The van der Waals surface area contributed by atoms with Gasteiger partial charge < -0.3 is 9.64 Å². The Morgan fingerprint density at radius 3 is 2.83 bits per heavy atom. The molecule has 1 aliphatic rings. The summed E-state index contributed by atoms with van der Waals surface area (Å²) in [5.74, 6) is 0.810. The quantitative estimate of drug-likeness (QED) is 0.453. The normalized spacial score (nSPS) is 15.4. The Kier molecular flexibility index (Phi) is 5.83. The summed E-state index contributed by atoms with van der Waals surface area (Å²) in [6.45, 7) is 7.19. The molecule has 3 heterocycles. The first kappa shape index (κ1) is 20.5. The molecule has 5 nitrogen and oxygen atoms in total. The van der Waals surface area contributed by atoms with Gasteiger partial charge in [0.25, 0.3) is 5.56 Å². The predicted octanol–water partition coefficient (Wildman–Crippen LogP) is 2.55. The van der Waals surface area contributed by atoms with Crippen LogP contribution >= 0.6 is 23.1 Å². The van der Waals surface area contributed by atoms with Gasteiger partial charge in [0.05, 0.1) is 12.8 Å². The first-order chi connectivity index (χ1) is 14.6. The number of allylic oxidation sites excluding steroid dienone is 1. The standard InChI is InChI=1S/C23H24N3O2S2/c1-5-12-25-13-8-7-9-16(25)14-20-26(6-2)22(27)21(30-20)23-24(3)18-15-17(28-4)10-11-19(18)29-23/h5,7-11,13-15H,1,6,12H2,2-4H3/q+1. The molecule has 0 aliphatic carbocycles. The minimum absolute atomic E-state index is 0.0501. The second kappa shape index (κ2) is 8.53. The second-order valence-electron chi connectivity index (χ2n) is 6.83. The molecule has 154 valence electrons. The minimum Gasteiger partial charge on any atom is -0.497 e. The van der Waals surface area contributed by atoms with Gasteiger partial charge >= 0.3 is 0 Å². The third-order valence-corrected chi connectivity index (χ3v) is 7.52. The Morgan fingerprint density at radius 1 is 1.27 bits per heavy atom. The van der Waals surface area contributed by atoms with Gasteiger partial charge in [-0.1, -0.05) is 18.3 Å². The number of hydrogen-bond acceptors (Lipinski definition) is 5. The van der Waals surface area contributed by atoms with E-state index < -0.39 is 0 Å². The van der Waals surface area contributed by atoms with Crippen molar-refractivity contribution in [2.24, 2.45) is 0 Å². The lowest BCUT2D eigenvalue weighted by atomic mass is 10.3. The van der Waals surface area contributed by atoms with Crippen molar-refractivity contribution in [3.63, 3.8) is 0 Å². The van der Waals surface area contributed by atoms with Crippen LogP contribution in [0.4, 0.5) is 5.69 Å². The zero-order chi connectivity index (χ0) is 21.3. The monoisotopic (exact) mass is 438 g/mol. The number of hydrogen-bond donors (Lipinski definition) is 0. The maximum atomic E-state index is 13.3. The maximum absolute atomic E-state index is 13.3. The molecule has 3 aromatic rings. The minimum atomic E-state index is 0.0501. The topological polar surface area (TPSA) is 38.4 Å². The Balaban J connectivity index is 1.90. The molecule has 0 radical (unpaired) electrons. The molecular weight excluding hydrogens is 414 g/mol. The Labute approximate surface area is 183 Å². The highest BCUT2D eigenvalue weighted by Crippen LogP contribution is 2.46. The van der Waals surface area contributed by atoms with Crippen LogP contribution in [0.3, 0.4) is 0 Å². The number of aromatic nitrogens is 2. The van der Waals surface area contributed by atoms with Crippen LogP contribution in [0.1, 0.15) is 12.6 Å². The van der Waals surface area contributed by atoms with Gasteiger partial charge in [0.2, 0.25) is 5.69 Å². The molecule has 1 aliphatic heterocycles. The van der Waals surface area contributed by atoms with E-state index in [1.807, 2.05) is 61.1 Å². The lowest BCUT2D eigenvalue weighted by Gasteiger charge is -2.13. The molecule has 0 N–H and O–H groups in total. The number of thioether (sulfide) groups is 1. The van der Waals surface area contributed by atoms with Crippen LogP contribution in [-0.2, 0) is 13.1 Å². The predicted molar refractivity (Wildman–Crippen MR) is 125 cm³/mol. The van der Waals surface area contributed by atoms with Crippen molar-refractivity contribution in [1.29, 1.82) is 0 Å². The molecule has 0 amide bonds. The Hall–Kier alpha value is -2.77. The fraction of sp³-hybridized carbons (Fsp3) is 0.217. The van der Waals surface area contributed by atoms with Crippen LogP contribution in [0.25, 0.3) is 11.1 Å². The van der Waals surface area contributed by atoms with Crippen LogP contribution < -0.4 is 29.0 Å². The molecule has 0 saturated carbocycles. The second-order valence-corrected chi connectivity index (χ2v) is 8.89. The van der Waals surface area contributed by atoms with Gasteiger partial charge in [-0.2, -0.15) is 4.57 Å². The van der Waals surface area contributed by atoms with E-state index in [1.165, 1.54) is 11.3 Å². The number of fused-ring (bicyclic) bond motifs is 1. The highest BCUT2D eigenvalue weighted by atomic mass is 32.2. The van der Waals surface area contributed by atoms with E-state index in [1.54, 1.807) is 18.9 Å². The third-order valence-electron chi connectivity index (χ3n) is 5.03. The van der Waals surface area contributed by atoms with Crippen LogP contribution in [0.5, 0.6) is 5.75 Å². The zero-order valence-electron chi connectivity index (χ0n) is 17.3. The van der Waals surface area contributed by atoms with Crippen LogP contribution in [0, 0.1) is 0 Å². The van der Waals surface area contributed by atoms with Crippen LogP contribution in [0.15, 0.2) is 64.9 Å². The molecule has 0 saturated heterocycles. The number of benzene rings is 1. The number of rotatable bonds is 5. The summed E-state index contributed by atoms with van der Waals surface area (Å²) in [6.07, 6.45) is 5.98. The van der Waals surface area contributed by atoms with Crippen molar-refractivity contribution in [3.8, 4) is 5.75 Å². The van der Waals surface area contributed by atoms with Crippen molar-refractivity contribution >= 4 is 39.9 Å². The van der Waals surface area contributed by atoms with E-state index >= 15 is 0 Å². The lowest BCUT2D eigenvalue weighted by molar-refractivity contribution is -0.688. The zero-order valence-corrected chi connectivity index (χ0v) is 18.9. The molecule has 7 heteroatoms. The van der Waals surface area contributed by atoms with Gasteiger partial charge in [0.1, 0.15) is 20.0 Å². The number of pyridine rings is 1. The number of methoxy groups -OCH3 is 1. The summed E-state index contributed by atoms with van der Waals surface area (Å²) in [5, 5.41) is 0.960. The average molecular weight is 439 g/mol. The van der Waals surface area contributed by atoms with Gasteiger partial charge in [-0.15, -0.1) is 11.3 Å². The fourth-order valence-corrected chi connectivity index (χ4v) is 5.92. The van der Waals surface area contributed by atoms with Crippen molar-refractivity contribution in [2.75, 3.05) is 19.1 Å². The van der Waals surface area contributed by atoms with E-state index in [2.05, 4.69) is 28.2 Å². The van der Waals surface area contributed by atoms with E-state index in [4.69, 9.17) is 4.74 Å². The molecule has 0 atom stereocenters. The van der Waals surface area contributed by atoms with E-state index in [0.717, 1.165) is 36.3 Å². The van der Waals surface area contributed by atoms with Crippen molar-refractivity contribution in [3.05, 3.63) is 80.5 Å². The van der Waals surface area contributed by atoms with Crippen molar-refractivity contribution < 1.29 is 9.30 Å². The third kappa shape index (κ3) is 3.59. The summed E-state index contributed by atoms with van der Waals surface area (Å²) in [7, 11) is 3.67. The van der Waals surface area contributed by atoms with Gasteiger partial charge in [-0.25, -0.2) is 0 Å². The number of ether oxygens (including phenoxy) is 1. The Bertz CT molecular complexity index is 1290. The van der Waals surface area contributed by atoms with Gasteiger partial charge in [-0.05, 0) is 31.2 Å². The largest absolute Gasteiger partial charge is 0.497 e. The molecule has 4 rings (SSSR count). The van der Waals surface area contributed by atoms with Gasteiger partial charge in [-0.3, -0.25) is 9.36 Å². The van der Waals surface area contributed by atoms with Crippen molar-refractivity contribution in [1.82, 2.24) is 4.57 Å². The molecule has 0 unspecified atom stereocenters. The summed E-state index contributed by atoms with van der Waals surface area (Å²) < 4.78 is 11.0. The molecule has 1 aromatic carbocycles. The summed E-state index contributed by atoms with van der Waals surface area (Å²) in [4.78, 5) is 16.5. The number of anilines is 1. The van der Waals surface area contributed by atoms with Gasteiger partial charge in [0.15, 0.2) is 12.7 Å². The first-order valence-electron chi connectivity index (χ1n) is 9.72. The van der Waals surface area contributed by atoms with Crippen LogP contribution in [-0.4, -0.2) is 18.7 Å². The highest BCUT2D eigenvalue weighted by molar-refractivity contribution is 8.08. The summed E-state index contributed by atoms with van der Waals surface area (Å²) in [6, 6.07) is 12.1. The smallest absolute Gasteiger partial charge is 0.271 e. The number of nitrogens with zero attached hydrogens (tertiary/aromatic N) is 3. The van der Waals surface area contributed by atoms with E-state index in [-0.39, 0.29) is 5.56 Å². The van der Waals surface area contributed by atoms with Crippen LogP contribution in [0.2, 0.25) is 0 Å². The Morgan fingerprint density at radius 2 is 2.10 bits per heavy atom. The van der Waals surface area contributed by atoms with Crippen molar-refractivity contribution in [2.45, 2.75) is 24.9 Å². The number of thiazole rings is 1. The summed E-state index contributed by atoms with van der Waals surface area (Å²) >= 11 is 3.17. The SMILES string of the molecule is C=CC[n+]1ccccc1C=c1sc(=C2Sc3ccc(OC)cc3N2C)c(=O)n1CC. The maximum Gasteiger partial charge on any atom is 0.271 e. The summed E-state index contributed by atoms with van der Waals surface area (Å²) in [5.41, 5.74) is 2.15. The first-order valence-corrected chi connectivity index (χ1v) is 11.3. The lowest BCUT2D eigenvalue weighted by Crippen LogP contribution is -2.37. The van der Waals surface area contributed by atoms with Gasteiger partial charge in [0, 0.05) is 42.8 Å². The molecule has 30 heavy (non-hydrogen) atoms. The average Bonchev–Trinajstić information content (AvgIpc) is 3.25. The van der Waals surface area contributed by atoms with E-state index in [9.17, 15) is 4.79 Å². The highest BCUT2D eigenvalue weighted by Gasteiger charge is 2.25. The molecule has 0 fully saturated rings. The fourth-order valence-electron chi connectivity index (χ4n) is 3.47. The molecular formula is C23H24N3O2S2+. The molecule has 0 bridgehead atoms.